The minimum atomic E-state index is -2.61. The monoisotopic (exact) mass is 326 g/mol. The molecule has 7 heteroatoms. The number of rotatable bonds is 4. The third-order valence-corrected chi connectivity index (χ3v) is 4.34. The summed E-state index contributed by atoms with van der Waals surface area (Å²) in [4.78, 5) is 11.8. The van der Waals surface area contributed by atoms with Gasteiger partial charge in [0.25, 0.3) is 0 Å². The van der Waals surface area contributed by atoms with Crippen LogP contribution in [-0.2, 0) is 13.0 Å². The summed E-state index contributed by atoms with van der Waals surface area (Å²) in [5.41, 5.74) is 0.407. The van der Waals surface area contributed by atoms with E-state index in [2.05, 4.69) is 9.68 Å². The molecule has 0 N–H and O–H groups in total. The van der Waals surface area contributed by atoms with E-state index in [1.807, 2.05) is 0 Å². The Hall–Kier alpha value is -2.05. The van der Waals surface area contributed by atoms with E-state index in [9.17, 15) is 18.0 Å². The van der Waals surface area contributed by atoms with Gasteiger partial charge in [0.2, 0.25) is 5.92 Å². The van der Waals surface area contributed by atoms with Crippen LogP contribution in [0.15, 0.2) is 33.6 Å². The summed E-state index contributed by atoms with van der Waals surface area (Å²) in [6.45, 7) is 0.280. The minimum Gasteiger partial charge on any atom is -0.296 e. The Morgan fingerprint density at radius 3 is 2.65 bits per heavy atom. The highest BCUT2D eigenvalue weighted by atomic mass is 19.3. The second-order valence-electron chi connectivity index (χ2n) is 6.04. The molecule has 0 unspecified atom stereocenters. The number of halogens is 3. The number of aromatic nitrogens is 2. The largest absolute Gasteiger partial charge is 0.441 e. The van der Waals surface area contributed by atoms with Crippen LogP contribution in [0.3, 0.4) is 0 Å². The minimum absolute atomic E-state index is 0.0221. The predicted octanol–water partition coefficient (Wildman–Crippen LogP) is 3.39. The summed E-state index contributed by atoms with van der Waals surface area (Å²) >= 11 is 0. The van der Waals surface area contributed by atoms with Crippen LogP contribution >= 0.6 is 0 Å². The predicted molar refractivity (Wildman–Crippen MR) is 76.9 cm³/mol. The van der Waals surface area contributed by atoms with Gasteiger partial charge < -0.3 is 0 Å². The lowest BCUT2D eigenvalue weighted by Crippen LogP contribution is -2.29. The summed E-state index contributed by atoms with van der Waals surface area (Å²) in [5.74, 6) is -3.32. The molecule has 1 aliphatic rings. The Kier molecular flexibility index (Phi) is 4.28. The molecular formula is C16H17F3N2O2. The molecule has 0 spiro atoms. The maximum atomic E-state index is 13.7. The van der Waals surface area contributed by atoms with Gasteiger partial charge in [0.15, 0.2) is 5.82 Å². The van der Waals surface area contributed by atoms with Crippen molar-refractivity contribution in [1.82, 2.24) is 9.72 Å². The molecule has 0 atom stereocenters. The molecule has 0 saturated heterocycles. The number of alkyl halides is 2. The molecule has 0 radical (unpaired) electrons. The number of nitrogens with zero attached hydrogens (tertiary/aromatic N) is 2. The van der Waals surface area contributed by atoms with E-state index in [1.165, 1.54) is 10.6 Å². The number of benzene rings is 1. The van der Waals surface area contributed by atoms with Crippen molar-refractivity contribution in [2.24, 2.45) is 5.92 Å². The van der Waals surface area contributed by atoms with Crippen molar-refractivity contribution in [3.63, 3.8) is 0 Å². The van der Waals surface area contributed by atoms with Gasteiger partial charge in [-0.05, 0) is 30.4 Å². The maximum absolute atomic E-state index is 13.7. The lowest BCUT2D eigenvalue weighted by Gasteiger charge is -2.28. The van der Waals surface area contributed by atoms with Crippen LogP contribution in [0, 0.1) is 11.7 Å². The lowest BCUT2D eigenvalue weighted by molar-refractivity contribution is -0.0475. The third kappa shape index (κ3) is 3.65. The summed E-state index contributed by atoms with van der Waals surface area (Å²) in [7, 11) is 0. The summed E-state index contributed by atoms with van der Waals surface area (Å²) in [6, 6.07) is 6.22. The van der Waals surface area contributed by atoms with Crippen LogP contribution in [0.2, 0.25) is 0 Å². The highest BCUT2D eigenvalue weighted by Gasteiger charge is 2.35. The topological polar surface area (TPSA) is 48.0 Å². The van der Waals surface area contributed by atoms with Gasteiger partial charge in [-0.2, -0.15) is 0 Å². The maximum Gasteiger partial charge on any atom is 0.441 e. The average molecular weight is 326 g/mol. The standard InChI is InChI=1S/C16H17F3N2O2/c17-13-4-2-1-3-12(13)9-14-20-23-15(22)21(14)10-11-5-7-16(18,19)8-6-11/h1-4,11H,5-10H2. The number of hydrogen-bond donors (Lipinski definition) is 0. The first-order valence-corrected chi connectivity index (χ1v) is 7.61. The fourth-order valence-corrected chi connectivity index (χ4v) is 2.96. The average Bonchev–Trinajstić information content (AvgIpc) is 2.84. The summed E-state index contributed by atoms with van der Waals surface area (Å²) in [5, 5.41) is 3.71. The highest BCUT2D eigenvalue weighted by molar-refractivity contribution is 5.20. The molecule has 2 aromatic rings. The molecular weight excluding hydrogens is 309 g/mol. The van der Waals surface area contributed by atoms with Crippen LogP contribution in [-0.4, -0.2) is 15.6 Å². The van der Waals surface area contributed by atoms with E-state index in [0.29, 0.717) is 24.2 Å². The zero-order valence-electron chi connectivity index (χ0n) is 12.5. The molecule has 23 heavy (non-hydrogen) atoms. The number of hydrogen-bond acceptors (Lipinski definition) is 3. The molecule has 4 nitrogen and oxygen atoms in total. The van der Waals surface area contributed by atoms with Gasteiger partial charge in [-0.15, -0.1) is 0 Å². The van der Waals surface area contributed by atoms with Crippen LogP contribution in [0.1, 0.15) is 37.1 Å². The normalized spacial score (nSPS) is 18.2. The van der Waals surface area contributed by atoms with Gasteiger partial charge in [-0.1, -0.05) is 23.4 Å². The van der Waals surface area contributed by atoms with Crippen molar-refractivity contribution in [3.05, 3.63) is 52.0 Å². The molecule has 1 saturated carbocycles. The van der Waals surface area contributed by atoms with Crippen molar-refractivity contribution in [3.8, 4) is 0 Å². The highest BCUT2D eigenvalue weighted by Crippen LogP contribution is 2.36. The van der Waals surface area contributed by atoms with Crippen LogP contribution in [0.4, 0.5) is 13.2 Å². The molecule has 1 fully saturated rings. The molecule has 3 rings (SSSR count). The first-order valence-electron chi connectivity index (χ1n) is 7.61. The summed E-state index contributed by atoms with van der Waals surface area (Å²) < 4.78 is 46.2. The molecule has 1 aromatic heterocycles. The second kappa shape index (κ2) is 6.22. The van der Waals surface area contributed by atoms with Crippen molar-refractivity contribution in [2.45, 2.75) is 44.6 Å². The van der Waals surface area contributed by atoms with Crippen molar-refractivity contribution >= 4 is 0 Å². The van der Waals surface area contributed by atoms with Gasteiger partial charge >= 0.3 is 5.76 Å². The molecule has 0 aliphatic heterocycles. The molecule has 0 bridgehead atoms. The third-order valence-electron chi connectivity index (χ3n) is 4.34. The van der Waals surface area contributed by atoms with Crippen LogP contribution in [0.25, 0.3) is 0 Å². The van der Waals surface area contributed by atoms with Crippen LogP contribution < -0.4 is 5.76 Å². The Morgan fingerprint density at radius 2 is 1.96 bits per heavy atom. The smallest absolute Gasteiger partial charge is 0.296 e. The fourth-order valence-electron chi connectivity index (χ4n) is 2.96. The first-order chi connectivity index (χ1) is 10.9. The van der Waals surface area contributed by atoms with E-state index in [-0.39, 0.29) is 37.5 Å². The van der Waals surface area contributed by atoms with Gasteiger partial charge in [0, 0.05) is 25.8 Å². The van der Waals surface area contributed by atoms with E-state index in [0.717, 1.165) is 0 Å². The second-order valence-corrected chi connectivity index (χ2v) is 6.04. The fraction of sp³-hybridized carbons (Fsp3) is 0.500. The van der Waals surface area contributed by atoms with Crippen molar-refractivity contribution < 1.29 is 17.7 Å². The van der Waals surface area contributed by atoms with E-state index < -0.39 is 11.7 Å². The van der Waals surface area contributed by atoms with Crippen LogP contribution in [0.5, 0.6) is 0 Å². The zero-order chi connectivity index (χ0) is 16.4. The zero-order valence-corrected chi connectivity index (χ0v) is 12.5. The van der Waals surface area contributed by atoms with Crippen molar-refractivity contribution in [1.29, 1.82) is 0 Å². The molecule has 1 aromatic carbocycles. The van der Waals surface area contributed by atoms with E-state index >= 15 is 0 Å². The lowest BCUT2D eigenvalue weighted by atomic mass is 9.86. The quantitative estimate of drug-likeness (QED) is 0.865. The molecule has 0 amide bonds. The molecule has 1 heterocycles. The van der Waals surface area contributed by atoms with E-state index in [4.69, 9.17) is 0 Å². The molecule has 124 valence electrons. The SMILES string of the molecule is O=c1onc(Cc2ccccc2F)n1CC1CCC(F)(F)CC1. The van der Waals surface area contributed by atoms with Crippen molar-refractivity contribution in [2.75, 3.05) is 0 Å². The van der Waals surface area contributed by atoms with Gasteiger partial charge in [0.05, 0.1) is 0 Å². The molecule has 1 aliphatic carbocycles. The summed E-state index contributed by atoms with van der Waals surface area (Å²) in [6.07, 6.45) is 0.496. The Morgan fingerprint density at radius 1 is 1.26 bits per heavy atom. The van der Waals surface area contributed by atoms with Gasteiger partial charge in [0.1, 0.15) is 5.82 Å². The Labute approximate surface area is 130 Å². The first kappa shape index (κ1) is 15.8. The van der Waals surface area contributed by atoms with E-state index in [1.54, 1.807) is 18.2 Å². The Balaban J connectivity index is 1.75. The Bertz CT molecular complexity index is 729. The van der Waals surface area contributed by atoms with Gasteiger partial charge in [-0.3, -0.25) is 9.09 Å². The van der Waals surface area contributed by atoms with Gasteiger partial charge in [-0.25, -0.2) is 18.0 Å².